The van der Waals surface area contributed by atoms with E-state index in [-0.39, 0.29) is 0 Å². The van der Waals surface area contributed by atoms with Gasteiger partial charge in [-0.05, 0) is 39.8 Å². The summed E-state index contributed by atoms with van der Waals surface area (Å²) in [5.41, 5.74) is 7.14. The Morgan fingerprint density at radius 2 is 2.26 bits per heavy atom. The highest BCUT2D eigenvalue weighted by Gasteiger charge is 2.23. The number of nitrogens with two attached hydrogens (primary N) is 1. The predicted octanol–water partition coefficient (Wildman–Crippen LogP) is 1.31. The normalized spacial score (nSPS) is 24.2. The standard InChI is InChI=1S/C13H21N5S/c1-8-6-11(12(14)19)17-13(15-8)16-10-4-5-18(3)9(2)7-10/h6,9-10H,4-5,7H2,1-3H3,(H2,14,19)(H,15,16,17). The molecule has 1 saturated heterocycles. The van der Waals surface area contributed by atoms with Crippen molar-refractivity contribution in [2.75, 3.05) is 18.9 Å². The average molecular weight is 279 g/mol. The predicted molar refractivity (Wildman–Crippen MR) is 81.4 cm³/mol. The number of anilines is 1. The molecular weight excluding hydrogens is 258 g/mol. The first kappa shape index (κ1) is 14.1. The number of aromatic nitrogens is 2. The molecule has 0 amide bonds. The van der Waals surface area contributed by atoms with E-state index in [0.29, 0.717) is 28.7 Å². The van der Waals surface area contributed by atoms with Crippen LogP contribution in [-0.2, 0) is 0 Å². The lowest BCUT2D eigenvalue weighted by atomic mass is 9.99. The summed E-state index contributed by atoms with van der Waals surface area (Å²) in [5, 5.41) is 3.40. The van der Waals surface area contributed by atoms with Gasteiger partial charge in [-0.2, -0.15) is 0 Å². The first-order valence-corrected chi connectivity index (χ1v) is 6.99. The van der Waals surface area contributed by atoms with E-state index in [2.05, 4.69) is 34.2 Å². The van der Waals surface area contributed by atoms with Crippen LogP contribution in [0, 0.1) is 6.92 Å². The van der Waals surface area contributed by atoms with Crippen molar-refractivity contribution in [2.45, 2.75) is 38.8 Å². The summed E-state index contributed by atoms with van der Waals surface area (Å²) >= 11 is 4.97. The van der Waals surface area contributed by atoms with Crippen molar-refractivity contribution in [1.82, 2.24) is 14.9 Å². The van der Waals surface area contributed by atoms with E-state index in [1.165, 1.54) is 0 Å². The molecular formula is C13H21N5S. The van der Waals surface area contributed by atoms with E-state index < -0.39 is 0 Å². The molecule has 0 saturated carbocycles. The largest absolute Gasteiger partial charge is 0.388 e. The van der Waals surface area contributed by atoms with Crippen molar-refractivity contribution in [3.8, 4) is 0 Å². The second kappa shape index (κ2) is 5.79. The zero-order valence-electron chi connectivity index (χ0n) is 11.7. The van der Waals surface area contributed by atoms with Crippen LogP contribution in [-0.4, -0.2) is 45.5 Å². The van der Waals surface area contributed by atoms with Gasteiger partial charge in [-0.15, -0.1) is 0 Å². The Bertz CT molecular complexity index is 476. The Morgan fingerprint density at radius 3 is 2.89 bits per heavy atom. The van der Waals surface area contributed by atoms with Crippen LogP contribution >= 0.6 is 12.2 Å². The van der Waals surface area contributed by atoms with E-state index in [4.69, 9.17) is 18.0 Å². The van der Waals surface area contributed by atoms with Gasteiger partial charge in [0.05, 0.1) is 0 Å². The lowest BCUT2D eigenvalue weighted by Gasteiger charge is -2.35. The Hall–Kier alpha value is -1.27. The highest BCUT2D eigenvalue weighted by Crippen LogP contribution is 2.18. The summed E-state index contributed by atoms with van der Waals surface area (Å²) in [7, 11) is 2.16. The fourth-order valence-corrected chi connectivity index (χ4v) is 2.47. The Balaban J connectivity index is 2.09. The van der Waals surface area contributed by atoms with Crippen molar-refractivity contribution in [3.63, 3.8) is 0 Å². The second-order valence-corrected chi connectivity index (χ2v) is 5.72. The minimum atomic E-state index is 0.310. The van der Waals surface area contributed by atoms with Crippen molar-refractivity contribution >= 4 is 23.2 Å². The molecule has 0 radical (unpaired) electrons. The summed E-state index contributed by atoms with van der Waals surface area (Å²) in [6.07, 6.45) is 2.19. The summed E-state index contributed by atoms with van der Waals surface area (Å²) in [5.74, 6) is 0.629. The van der Waals surface area contributed by atoms with Gasteiger partial charge in [-0.3, -0.25) is 0 Å². The first-order chi connectivity index (χ1) is 8.95. The van der Waals surface area contributed by atoms with Gasteiger partial charge >= 0.3 is 0 Å². The molecule has 6 heteroatoms. The monoisotopic (exact) mass is 279 g/mol. The molecule has 1 fully saturated rings. The average Bonchev–Trinajstić information content (AvgIpc) is 2.33. The molecule has 0 bridgehead atoms. The Morgan fingerprint density at radius 1 is 1.53 bits per heavy atom. The van der Waals surface area contributed by atoms with Gasteiger partial charge < -0.3 is 16.0 Å². The lowest BCUT2D eigenvalue weighted by molar-refractivity contribution is 0.190. The molecule has 1 aromatic rings. The molecule has 19 heavy (non-hydrogen) atoms. The Labute approximate surface area is 119 Å². The van der Waals surface area contributed by atoms with Crippen LogP contribution in [0.15, 0.2) is 6.07 Å². The van der Waals surface area contributed by atoms with Crippen LogP contribution in [0.1, 0.15) is 31.2 Å². The molecule has 2 atom stereocenters. The minimum Gasteiger partial charge on any atom is -0.388 e. The molecule has 1 aromatic heterocycles. The van der Waals surface area contributed by atoms with E-state index in [1.54, 1.807) is 0 Å². The molecule has 0 spiro atoms. The number of aryl methyl sites for hydroxylation is 1. The maximum Gasteiger partial charge on any atom is 0.223 e. The van der Waals surface area contributed by atoms with E-state index in [0.717, 1.165) is 25.1 Å². The lowest BCUT2D eigenvalue weighted by Crippen LogP contribution is -2.42. The van der Waals surface area contributed by atoms with Crippen molar-refractivity contribution in [1.29, 1.82) is 0 Å². The number of nitrogens with one attached hydrogen (secondary N) is 1. The van der Waals surface area contributed by atoms with Gasteiger partial charge in [-0.1, -0.05) is 12.2 Å². The van der Waals surface area contributed by atoms with Gasteiger partial charge in [0.2, 0.25) is 5.95 Å². The molecule has 2 rings (SSSR count). The third kappa shape index (κ3) is 3.61. The summed E-state index contributed by atoms with van der Waals surface area (Å²) in [4.78, 5) is 11.5. The van der Waals surface area contributed by atoms with Crippen LogP contribution in [0.4, 0.5) is 5.95 Å². The topological polar surface area (TPSA) is 67.1 Å². The zero-order valence-corrected chi connectivity index (χ0v) is 12.5. The molecule has 2 unspecified atom stereocenters. The fourth-order valence-electron chi connectivity index (χ4n) is 2.36. The summed E-state index contributed by atoms with van der Waals surface area (Å²) in [6, 6.07) is 2.79. The minimum absolute atomic E-state index is 0.310. The van der Waals surface area contributed by atoms with Gasteiger partial charge in [-0.25, -0.2) is 9.97 Å². The number of thiocarbonyl (C=S) groups is 1. The molecule has 0 aromatic carbocycles. The fraction of sp³-hybridized carbons (Fsp3) is 0.615. The summed E-state index contributed by atoms with van der Waals surface area (Å²) < 4.78 is 0. The first-order valence-electron chi connectivity index (χ1n) is 6.58. The van der Waals surface area contributed by atoms with Crippen LogP contribution in [0.25, 0.3) is 0 Å². The maximum absolute atomic E-state index is 5.63. The highest BCUT2D eigenvalue weighted by atomic mass is 32.1. The zero-order chi connectivity index (χ0) is 14.0. The number of piperidine rings is 1. The van der Waals surface area contributed by atoms with Crippen molar-refractivity contribution in [3.05, 3.63) is 17.5 Å². The van der Waals surface area contributed by atoms with E-state index in [9.17, 15) is 0 Å². The van der Waals surface area contributed by atoms with Crippen LogP contribution in [0.3, 0.4) is 0 Å². The van der Waals surface area contributed by atoms with Gasteiger partial charge in [0.1, 0.15) is 10.7 Å². The number of likely N-dealkylation sites (tertiary alicyclic amines) is 1. The molecule has 3 N–H and O–H groups in total. The van der Waals surface area contributed by atoms with Crippen molar-refractivity contribution < 1.29 is 0 Å². The molecule has 1 aliphatic heterocycles. The summed E-state index contributed by atoms with van der Waals surface area (Å²) in [6.45, 7) is 5.25. The Kier molecular flexibility index (Phi) is 4.31. The van der Waals surface area contributed by atoms with Crippen molar-refractivity contribution in [2.24, 2.45) is 5.73 Å². The molecule has 2 heterocycles. The number of hydrogen-bond donors (Lipinski definition) is 2. The molecule has 0 aliphatic carbocycles. The molecule has 1 aliphatic rings. The number of rotatable bonds is 3. The van der Waals surface area contributed by atoms with Gasteiger partial charge in [0, 0.05) is 24.3 Å². The smallest absolute Gasteiger partial charge is 0.223 e. The van der Waals surface area contributed by atoms with E-state index in [1.807, 2.05) is 13.0 Å². The van der Waals surface area contributed by atoms with Gasteiger partial charge in [0.25, 0.3) is 0 Å². The highest BCUT2D eigenvalue weighted by molar-refractivity contribution is 7.80. The number of hydrogen-bond acceptors (Lipinski definition) is 5. The SMILES string of the molecule is Cc1cc(C(N)=S)nc(NC2CCN(C)C(C)C2)n1. The molecule has 104 valence electrons. The van der Waals surface area contributed by atoms with Crippen LogP contribution < -0.4 is 11.1 Å². The third-order valence-corrected chi connectivity index (χ3v) is 3.86. The quantitative estimate of drug-likeness (QED) is 0.813. The number of nitrogens with zero attached hydrogens (tertiary/aromatic N) is 3. The van der Waals surface area contributed by atoms with Crippen LogP contribution in [0.5, 0.6) is 0 Å². The third-order valence-electron chi connectivity index (χ3n) is 3.65. The van der Waals surface area contributed by atoms with E-state index >= 15 is 0 Å². The second-order valence-electron chi connectivity index (χ2n) is 5.28. The van der Waals surface area contributed by atoms with Crippen LogP contribution in [0.2, 0.25) is 0 Å². The van der Waals surface area contributed by atoms with Gasteiger partial charge in [0.15, 0.2) is 0 Å². The maximum atomic E-state index is 5.63. The molecule has 5 nitrogen and oxygen atoms in total.